The van der Waals surface area contributed by atoms with E-state index in [4.69, 9.17) is 19.6 Å². The maximum absolute atomic E-state index is 13.6. The van der Waals surface area contributed by atoms with Gasteiger partial charge in [0, 0.05) is 51.7 Å². The van der Waals surface area contributed by atoms with Gasteiger partial charge in [0.05, 0.1) is 28.7 Å². The van der Waals surface area contributed by atoms with Crippen LogP contribution in [0.15, 0.2) is 36.7 Å². The number of ether oxygens (including phenoxy) is 1. The average Bonchev–Trinajstić information content (AvgIpc) is 3.35. The van der Waals surface area contributed by atoms with E-state index in [2.05, 4.69) is 15.1 Å². The molecule has 0 fully saturated rings. The molecule has 0 saturated heterocycles. The van der Waals surface area contributed by atoms with Gasteiger partial charge < -0.3 is 15.4 Å². The second-order valence-electron chi connectivity index (χ2n) is 9.87. The summed E-state index contributed by atoms with van der Waals surface area (Å²) in [6.07, 6.45) is 3.44. The van der Waals surface area contributed by atoms with Crippen LogP contribution in [-0.2, 0) is 5.54 Å². The van der Waals surface area contributed by atoms with E-state index < -0.39 is 37.0 Å². The van der Waals surface area contributed by atoms with Crippen LogP contribution in [0.25, 0.3) is 16.9 Å². The largest absolute Gasteiger partial charge is 0.434 e. The summed E-state index contributed by atoms with van der Waals surface area (Å²) in [6, 6.07) is 4.98. The molecule has 1 aliphatic carbocycles. The maximum atomic E-state index is 13.6. The van der Waals surface area contributed by atoms with E-state index in [9.17, 15) is 13.6 Å². The topological polar surface area (TPSA) is 112 Å². The molecule has 4 heterocycles. The van der Waals surface area contributed by atoms with Crippen LogP contribution in [0.3, 0.4) is 0 Å². The molecule has 37 heavy (non-hydrogen) atoms. The summed E-state index contributed by atoms with van der Waals surface area (Å²) in [5, 5.41) is 4.62. The predicted octanol–water partition coefficient (Wildman–Crippen LogP) is 3.95. The van der Waals surface area contributed by atoms with Crippen molar-refractivity contribution >= 4 is 11.6 Å². The monoisotopic (exact) mass is 508 g/mol. The van der Waals surface area contributed by atoms with E-state index in [0.29, 0.717) is 39.7 Å². The van der Waals surface area contributed by atoms with E-state index in [1.165, 1.54) is 22.7 Å². The van der Waals surface area contributed by atoms with Gasteiger partial charge in [-0.15, -0.1) is 0 Å². The summed E-state index contributed by atoms with van der Waals surface area (Å²) in [5.74, 6) is -1.18. The van der Waals surface area contributed by atoms with Gasteiger partial charge in [-0.2, -0.15) is 13.9 Å². The highest BCUT2D eigenvalue weighted by atomic mass is 19.3. The highest BCUT2D eigenvalue weighted by Gasteiger charge is 2.46. The Morgan fingerprint density at radius 3 is 2.73 bits per heavy atom. The smallest absolute Gasteiger partial charge is 0.387 e. The van der Waals surface area contributed by atoms with Gasteiger partial charge in [0.1, 0.15) is 11.6 Å². The van der Waals surface area contributed by atoms with Crippen LogP contribution in [0.4, 0.5) is 8.78 Å². The zero-order valence-corrected chi connectivity index (χ0v) is 20.2. The van der Waals surface area contributed by atoms with Crippen LogP contribution in [0, 0.1) is 6.92 Å². The number of carbonyl (C=O) groups excluding carboxylic acids is 1. The number of alkyl halides is 2. The van der Waals surface area contributed by atoms with Crippen molar-refractivity contribution in [1.82, 2.24) is 29.5 Å². The van der Waals surface area contributed by atoms with E-state index in [0.717, 1.165) is 4.90 Å². The lowest BCUT2D eigenvalue weighted by Gasteiger charge is -2.23. The summed E-state index contributed by atoms with van der Waals surface area (Å²) in [5.41, 5.74) is 8.76. The van der Waals surface area contributed by atoms with Crippen molar-refractivity contribution in [3.8, 4) is 17.0 Å². The van der Waals surface area contributed by atoms with Gasteiger partial charge in [-0.05, 0) is 45.4 Å². The first-order valence-corrected chi connectivity index (χ1v) is 11.7. The Morgan fingerprint density at radius 1 is 1.22 bits per heavy atom. The van der Waals surface area contributed by atoms with Crippen molar-refractivity contribution < 1.29 is 22.4 Å². The van der Waals surface area contributed by atoms with E-state index in [1.807, 2.05) is 6.92 Å². The van der Waals surface area contributed by atoms with Crippen LogP contribution in [-0.4, -0.2) is 49.0 Å². The molecule has 2 bridgehead atoms. The number of hydrogen-bond donors (Lipinski definition) is 1. The maximum Gasteiger partial charge on any atom is 0.387 e. The summed E-state index contributed by atoms with van der Waals surface area (Å²) in [4.78, 5) is 28.2. The van der Waals surface area contributed by atoms with Crippen molar-refractivity contribution in [3.05, 3.63) is 70.6 Å². The average molecular weight is 509 g/mol. The van der Waals surface area contributed by atoms with E-state index in [-0.39, 0.29) is 23.3 Å². The van der Waals surface area contributed by atoms with Gasteiger partial charge in [0.15, 0.2) is 5.65 Å². The molecule has 0 radical (unpaired) electrons. The molecular weight excluding hydrogens is 480 g/mol. The summed E-state index contributed by atoms with van der Waals surface area (Å²) in [6.45, 7) is -0.521. The number of nitrogens with zero attached hydrogens (tertiary/aromatic N) is 6. The quantitative estimate of drug-likeness (QED) is 0.444. The van der Waals surface area contributed by atoms with E-state index in [1.54, 1.807) is 32.3 Å². The number of aryl methyl sites for hydroxylation is 1. The lowest BCUT2D eigenvalue weighted by molar-refractivity contribution is -0.0505. The Hall–Kier alpha value is -3.99. The van der Waals surface area contributed by atoms with Crippen molar-refractivity contribution in [3.63, 3.8) is 0 Å². The molecule has 0 unspecified atom stereocenters. The van der Waals surface area contributed by atoms with Crippen LogP contribution < -0.4 is 10.5 Å². The Bertz CT molecular complexity index is 1680. The molecule has 6 rings (SSSR count). The lowest BCUT2D eigenvalue weighted by atomic mass is 9.89. The van der Waals surface area contributed by atoms with Gasteiger partial charge in [0.25, 0.3) is 5.91 Å². The molecular formula is C26H25F2N7O2. The number of rotatable bonds is 4. The third-order valence-corrected chi connectivity index (χ3v) is 6.90. The van der Waals surface area contributed by atoms with E-state index >= 15 is 0 Å². The zero-order valence-electron chi connectivity index (χ0n) is 23.2. The molecule has 1 aromatic carbocycles. The minimum Gasteiger partial charge on any atom is -0.434 e. The summed E-state index contributed by atoms with van der Waals surface area (Å²) in [7, 11) is 0. The Morgan fingerprint density at radius 2 is 2.03 bits per heavy atom. The predicted molar refractivity (Wildman–Crippen MR) is 130 cm³/mol. The molecule has 9 nitrogen and oxygen atoms in total. The number of benzene rings is 1. The molecule has 1 amide bonds. The molecule has 3 aromatic heterocycles. The summed E-state index contributed by atoms with van der Waals surface area (Å²) >= 11 is 0. The van der Waals surface area contributed by atoms with Gasteiger partial charge in [0.2, 0.25) is 0 Å². The summed E-state index contributed by atoms with van der Waals surface area (Å²) < 4.78 is 57.6. The number of carbonyl (C=O) groups is 1. The number of hydrogen-bond acceptors (Lipinski definition) is 7. The Labute approximate surface area is 215 Å². The number of amides is 1. The van der Waals surface area contributed by atoms with Gasteiger partial charge >= 0.3 is 6.61 Å². The second-order valence-corrected chi connectivity index (χ2v) is 9.87. The third-order valence-electron chi connectivity index (χ3n) is 6.90. The van der Waals surface area contributed by atoms with Gasteiger partial charge in [-0.25, -0.2) is 19.5 Å². The van der Waals surface area contributed by atoms with Crippen LogP contribution >= 0.6 is 0 Å². The van der Waals surface area contributed by atoms with Crippen molar-refractivity contribution in [1.29, 1.82) is 0 Å². The molecule has 11 heteroatoms. The molecule has 0 spiro atoms. The van der Waals surface area contributed by atoms with Gasteiger partial charge in [-0.3, -0.25) is 4.79 Å². The first-order valence-electron chi connectivity index (χ1n) is 13.2. The molecule has 0 saturated carbocycles. The fourth-order valence-corrected chi connectivity index (χ4v) is 5.23. The molecule has 2 atom stereocenters. The Balaban J connectivity index is 1.58. The molecule has 4 aromatic rings. The first-order chi connectivity index (χ1) is 18.8. The van der Waals surface area contributed by atoms with Crippen molar-refractivity contribution in [2.75, 3.05) is 6.98 Å². The number of fused-ring (bicyclic) bond motifs is 9. The highest BCUT2D eigenvalue weighted by molar-refractivity contribution is 5.98. The lowest BCUT2D eigenvalue weighted by Crippen LogP contribution is -2.31. The minimum absolute atomic E-state index is 0.00726. The molecule has 2 aliphatic rings. The standard InChI is InChI=1S/C26H25F2N7O2/c1-12-15(11-30-24(31-12)26(2,3)29)16-8-9-35-22(32-16)20-14-10-17(21(20)33-35)34(4)23(36)13-6-5-7-18(19(13)14)37-25(27)28/h5-9,11,14,17,25H,10,29H2,1-4H3/t14-,17-/m1/s1/i4D3. The fourth-order valence-electron chi connectivity index (χ4n) is 5.23. The fraction of sp³-hybridized carbons (Fsp3) is 0.346. The van der Waals surface area contributed by atoms with Crippen molar-refractivity contribution in [2.45, 2.75) is 51.3 Å². The Kier molecular flexibility index (Phi) is 4.35. The SMILES string of the molecule is [2H]C([2H])([2H])N1C(=O)c2cccc(OC(F)F)c2[C@H]2C[C@@H]1c1nn3ccc(-c4cnc(C(C)(C)N)nc4C)nc3c12. The number of nitrogens with two attached hydrogens (primary N) is 1. The zero-order chi connectivity index (χ0) is 28.7. The van der Waals surface area contributed by atoms with Crippen LogP contribution in [0.1, 0.15) is 75.0 Å². The normalized spacial score (nSPS) is 20.4. The van der Waals surface area contributed by atoms with Crippen LogP contribution in [0.5, 0.6) is 5.75 Å². The molecule has 190 valence electrons. The first kappa shape index (κ1) is 20.1. The highest BCUT2D eigenvalue weighted by Crippen LogP contribution is 2.53. The second kappa shape index (κ2) is 8.01. The number of aromatic nitrogens is 5. The molecule has 2 N–H and O–H groups in total. The third kappa shape index (κ3) is 3.56. The minimum atomic E-state index is -3.14. The van der Waals surface area contributed by atoms with Crippen molar-refractivity contribution in [2.24, 2.45) is 5.73 Å². The van der Waals surface area contributed by atoms with Gasteiger partial charge in [-0.1, -0.05) is 6.07 Å². The molecule has 1 aliphatic heterocycles. The number of halogens is 2. The van der Waals surface area contributed by atoms with Crippen LogP contribution in [0.2, 0.25) is 0 Å².